The lowest BCUT2D eigenvalue weighted by Crippen LogP contribution is -2.17. The Morgan fingerprint density at radius 2 is 2.42 bits per heavy atom. The fraction of sp³-hybridized carbons (Fsp3) is 0.375. The van der Waals surface area contributed by atoms with E-state index in [-0.39, 0.29) is 0 Å². The van der Waals surface area contributed by atoms with Crippen molar-refractivity contribution in [2.24, 2.45) is 0 Å². The summed E-state index contributed by atoms with van der Waals surface area (Å²) < 4.78 is 1.66. The standard InChI is InChI=1S/C8H11N3O/c1-10(2)5-8(6-12)11-4-3-9-7-11/h3-4,7H,5H2,1-2H3. The molecule has 0 saturated carbocycles. The summed E-state index contributed by atoms with van der Waals surface area (Å²) in [4.78, 5) is 16.2. The molecule has 1 rings (SSSR count). The first kappa shape index (κ1) is 8.71. The largest absolute Gasteiger partial charge is 0.303 e. The number of aromatic nitrogens is 2. The Bertz CT molecular complexity index is 283. The third-order valence-corrected chi connectivity index (χ3v) is 1.40. The highest BCUT2D eigenvalue weighted by Crippen LogP contribution is 1.99. The highest BCUT2D eigenvalue weighted by Gasteiger charge is 2.01. The van der Waals surface area contributed by atoms with E-state index < -0.39 is 0 Å². The summed E-state index contributed by atoms with van der Waals surface area (Å²) in [7, 11) is 3.79. The van der Waals surface area contributed by atoms with Gasteiger partial charge in [0.1, 0.15) is 11.6 Å². The summed E-state index contributed by atoms with van der Waals surface area (Å²) in [5.41, 5.74) is 0.567. The van der Waals surface area contributed by atoms with Crippen LogP contribution >= 0.6 is 0 Å². The predicted octanol–water partition coefficient (Wildman–Crippen LogP) is 0.117. The van der Waals surface area contributed by atoms with Gasteiger partial charge in [-0.25, -0.2) is 9.78 Å². The molecule has 0 N–H and O–H groups in total. The molecular weight excluding hydrogens is 154 g/mol. The molecule has 0 saturated heterocycles. The number of carbonyl (C=O) groups excluding carboxylic acids is 1. The van der Waals surface area contributed by atoms with Crippen LogP contribution in [0.1, 0.15) is 0 Å². The number of nitrogens with zero attached hydrogens (tertiary/aromatic N) is 3. The van der Waals surface area contributed by atoms with Crippen molar-refractivity contribution in [3.05, 3.63) is 18.7 Å². The van der Waals surface area contributed by atoms with Crippen molar-refractivity contribution in [2.45, 2.75) is 0 Å². The number of likely N-dealkylation sites (N-methyl/N-ethyl adjacent to an activating group) is 1. The van der Waals surface area contributed by atoms with Gasteiger partial charge < -0.3 is 4.90 Å². The highest BCUT2D eigenvalue weighted by atomic mass is 16.1. The summed E-state index contributed by atoms with van der Waals surface area (Å²) in [5.74, 6) is 1.88. The van der Waals surface area contributed by atoms with Crippen LogP contribution in [-0.2, 0) is 4.79 Å². The Morgan fingerprint density at radius 3 is 2.83 bits per heavy atom. The van der Waals surface area contributed by atoms with Crippen molar-refractivity contribution in [3.8, 4) is 0 Å². The van der Waals surface area contributed by atoms with Gasteiger partial charge >= 0.3 is 0 Å². The molecule has 0 amide bonds. The molecule has 0 unspecified atom stereocenters. The minimum absolute atomic E-state index is 0.567. The van der Waals surface area contributed by atoms with E-state index in [0.717, 1.165) is 0 Å². The second-order valence-electron chi connectivity index (χ2n) is 2.76. The summed E-state index contributed by atoms with van der Waals surface area (Å²) in [6, 6.07) is 0. The average molecular weight is 165 g/mol. The van der Waals surface area contributed by atoms with Crippen molar-refractivity contribution in [2.75, 3.05) is 20.6 Å². The molecule has 4 nitrogen and oxygen atoms in total. The van der Waals surface area contributed by atoms with Crippen molar-refractivity contribution in [1.29, 1.82) is 0 Å². The van der Waals surface area contributed by atoms with Crippen LogP contribution in [-0.4, -0.2) is 41.0 Å². The highest BCUT2D eigenvalue weighted by molar-refractivity contribution is 5.77. The second kappa shape index (κ2) is 3.85. The van der Waals surface area contributed by atoms with E-state index in [9.17, 15) is 4.79 Å². The molecule has 1 heterocycles. The maximum absolute atomic E-state index is 10.5. The number of hydrogen-bond donors (Lipinski definition) is 0. The molecule has 1 aromatic rings. The van der Waals surface area contributed by atoms with Crippen molar-refractivity contribution in [3.63, 3.8) is 0 Å². The number of rotatable bonds is 3. The van der Waals surface area contributed by atoms with Crippen LogP contribution in [0.5, 0.6) is 0 Å². The molecule has 0 aliphatic heterocycles. The topological polar surface area (TPSA) is 38.1 Å². The quantitative estimate of drug-likeness (QED) is 0.597. The average Bonchev–Trinajstić information content (AvgIpc) is 2.51. The van der Waals surface area contributed by atoms with Crippen molar-refractivity contribution < 1.29 is 4.79 Å². The molecule has 0 spiro atoms. The molecule has 0 aliphatic carbocycles. The van der Waals surface area contributed by atoms with Gasteiger partial charge in [-0.05, 0) is 14.1 Å². The zero-order valence-corrected chi connectivity index (χ0v) is 7.19. The first-order valence-electron chi connectivity index (χ1n) is 3.61. The molecule has 0 bridgehead atoms. The van der Waals surface area contributed by atoms with Gasteiger partial charge in [-0.15, -0.1) is 0 Å². The summed E-state index contributed by atoms with van der Waals surface area (Å²) >= 11 is 0. The summed E-state index contributed by atoms with van der Waals surface area (Å²) in [6.07, 6.45) is 4.94. The first-order valence-corrected chi connectivity index (χ1v) is 3.61. The molecule has 0 atom stereocenters. The number of hydrogen-bond acceptors (Lipinski definition) is 3. The molecule has 12 heavy (non-hydrogen) atoms. The third kappa shape index (κ3) is 2.05. The smallest absolute Gasteiger partial charge is 0.147 e. The fourth-order valence-corrected chi connectivity index (χ4v) is 0.885. The fourth-order valence-electron chi connectivity index (χ4n) is 0.885. The SMILES string of the molecule is CN(C)CC(=C=O)n1ccnc1. The first-order chi connectivity index (χ1) is 5.74. The molecule has 64 valence electrons. The minimum Gasteiger partial charge on any atom is -0.303 e. The molecule has 0 aromatic carbocycles. The minimum atomic E-state index is 0.567. The Morgan fingerprint density at radius 1 is 1.67 bits per heavy atom. The maximum atomic E-state index is 10.5. The van der Waals surface area contributed by atoms with Gasteiger partial charge in [0, 0.05) is 18.9 Å². The van der Waals surface area contributed by atoms with Gasteiger partial charge in [0.25, 0.3) is 0 Å². The van der Waals surface area contributed by atoms with E-state index in [4.69, 9.17) is 0 Å². The lowest BCUT2D eigenvalue weighted by molar-refractivity contribution is 0.456. The van der Waals surface area contributed by atoms with Crippen LogP contribution in [0.2, 0.25) is 0 Å². The van der Waals surface area contributed by atoms with Crippen LogP contribution in [0, 0.1) is 0 Å². The monoisotopic (exact) mass is 165 g/mol. The number of imidazole rings is 1. The zero-order valence-electron chi connectivity index (χ0n) is 7.19. The maximum Gasteiger partial charge on any atom is 0.147 e. The lowest BCUT2D eigenvalue weighted by Gasteiger charge is -2.09. The molecule has 0 aliphatic rings. The Kier molecular flexibility index (Phi) is 2.80. The normalized spacial score (nSPS) is 9.92. The van der Waals surface area contributed by atoms with Crippen LogP contribution < -0.4 is 0 Å². The van der Waals surface area contributed by atoms with Crippen LogP contribution in [0.3, 0.4) is 0 Å². The van der Waals surface area contributed by atoms with Crippen LogP contribution in [0.25, 0.3) is 5.70 Å². The van der Waals surface area contributed by atoms with Gasteiger partial charge in [-0.2, -0.15) is 0 Å². The Balaban J connectivity index is 2.79. The second-order valence-corrected chi connectivity index (χ2v) is 2.76. The molecule has 0 radical (unpaired) electrons. The van der Waals surface area contributed by atoms with Crippen molar-refractivity contribution >= 4 is 11.6 Å². The van der Waals surface area contributed by atoms with Gasteiger partial charge in [0.05, 0.1) is 6.33 Å². The Labute approximate surface area is 71.1 Å². The van der Waals surface area contributed by atoms with Gasteiger partial charge in [-0.1, -0.05) is 0 Å². The zero-order chi connectivity index (χ0) is 8.97. The summed E-state index contributed by atoms with van der Waals surface area (Å²) in [6.45, 7) is 0.569. The molecule has 1 aromatic heterocycles. The molecule has 0 fully saturated rings. The summed E-state index contributed by atoms with van der Waals surface area (Å²) in [5, 5.41) is 0. The van der Waals surface area contributed by atoms with E-state index >= 15 is 0 Å². The van der Waals surface area contributed by atoms with E-state index in [1.54, 1.807) is 23.3 Å². The van der Waals surface area contributed by atoms with Crippen molar-refractivity contribution in [1.82, 2.24) is 14.5 Å². The molecule has 4 heteroatoms. The predicted molar refractivity (Wildman–Crippen MR) is 46.2 cm³/mol. The van der Waals surface area contributed by atoms with Gasteiger partial charge in [0.2, 0.25) is 0 Å². The van der Waals surface area contributed by atoms with Gasteiger partial charge in [0.15, 0.2) is 0 Å². The van der Waals surface area contributed by atoms with Gasteiger partial charge in [-0.3, -0.25) is 4.57 Å². The van der Waals surface area contributed by atoms with E-state index in [0.29, 0.717) is 12.2 Å². The molecular formula is C8H11N3O. The van der Waals surface area contributed by atoms with Crippen LogP contribution in [0.15, 0.2) is 18.7 Å². The lowest BCUT2D eigenvalue weighted by atomic mass is 10.4. The van der Waals surface area contributed by atoms with E-state index in [1.165, 1.54) is 0 Å². The van der Waals surface area contributed by atoms with Crippen LogP contribution in [0.4, 0.5) is 0 Å². The van der Waals surface area contributed by atoms with E-state index in [1.807, 2.05) is 24.9 Å². The van der Waals surface area contributed by atoms with E-state index in [2.05, 4.69) is 4.98 Å². The third-order valence-electron chi connectivity index (χ3n) is 1.40. The Hall–Kier alpha value is -1.38.